The van der Waals surface area contributed by atoms with Gasteiger partial charge in [-0.25, -0.2) is 0 Å². The second kappa shape index (κ2) is 13.0. The van der Waals surface area contributed by atoms with Crippen molar-refractivity contribution in [3.63, 3.8) is 0 Å². The van der Waals surface area contributed by atoms with Crippen LogP contribution in [0, 0.1) is 0 Å². The standard InChI is InChI=1S/C22H35N5O2/c1-3-19-14-24-12-6-10-17-8-4-5-9-18(17)11-7-13-25-22(29)20(15-23-2)27-21(28)16-26-19/h3-5,8-9,20,23-24,26H,6-7,10-16H2,1-2H3,(H,25,29)(H,27,28). The van der Waals surface area contributed by atoms with Gasteiger partial charge in [0.05, 0.1) is 6.54 Å². The summed E-state index contributed by atoms with van der Waals surface area (Å²) in [6.45, 7) is 4.67. The van der Waals surface area contributed by atoms with Gasteiger partial charge >= 0.3 is 0 Å². The van der Waals surface area contributed by atoms with E-state index in [2.05, 4.69) is 50.8 Å². The lowest BCUT2D eigenvalue weighted by atomic mass is 9.99. The van der Waals surface area contributed by atoms with Gasteiger partial charge in [-0.1, -0.05) is 30.3 Å². The maximum absolute atomic E-state index is 12.5. The number of aryl methyl sites for hydroxylation is 2. The zero-order chi connectivity index (χ0) is 20.9. The van der Waals surface area contributed by atoms with Gasteiger partial charge in [0.25, 0.3) is 0 Å². The Bertz CT molecular complexity index is 690. The van der Waals surface area contributed by atoms with Crippen molar-refractivity contribution in [2.45, 2.75) is 38.6 Å². The van der Waals surface area contributed by atoms with E-state index < -0.39 is 6.04 Å². The molecule has 0 saturated carbocycles. The summed E-state index contributed by atoms with van der Waals surface area (Å²) in [5, 5.41) is 15.3. The number of carbonyl (C=O) groups excluding carboxylic acids is 2. The topological polar surface area (TPSA) is 94.3 Å². The van der Waals surface area contributed by atoms with E-state index in [0.29, 0.717) is 19.6 Å². The molecule has 7 nitrogen and oxygen atoms in total. The Morgan fingerprint density at radius 3 is 2.38 bits per heavy atom. The fourth-order valence-corrected chi connectivity index (χ4v) is 3.40. The number of rotatable bonds is 2. The number of likely N-dealkylation sites (N-methyl/N-ethyl adjacent to an activating group) is 1. The zero-order valence-corrected chi connectivity index (χ0v) is 17.6. The third kappa shape index (κ3) is 8.25. The van der Waals surface area contributed by atoms with Crippen LogP contribution in [0.1, 0.15) is 30.9 Å². The lowest BCUT2D eigenvalue weighted by molar-refractivity contribution is -0.128. The lowest BCUT2D eigenvalue weighted by Gasteiger charge is -2.19. The smallest absolute Gasteiger partial charge is 0.243 e. The molecule has 2 rings (SSSR count). The van der Waals surface area contributed by atoms with E-state index in [-0.39, 0.29) is 18.4 Å². The molecule has 0 spiro atoms. The molecule has 5 N–H and O–H groups in total. The number of amides is 2. The number of hydrogen-bond donors (Lipinski definition) is 5. The van der Waals surface area contributed by atoms with E-state index in [1.807, 2.05) is 13.0 Å². The van der Waals surface area contributed by atoms with Crippen molar-refractivity contribution in [1.82, 2.24) is 26.6 Å². The third-order valence-corrected chi connectivity index (χ3v) is 5.04. The second-order valence-electron chi connectivity index (χ2n) is 7.29. The SMILES string of the molecule is CC=C1CNCCCc2ccccc2CCCNC(=O)C(CNC)NC(=O)CN1. The zero-order valence-electron chi connectivity index (χ0n) is 17.6. The van der Waals surface area contributed by atoms with Crippen molar-refractivity contribution in [2.24, 2.45) is 0 Å². The Morgan fingerprint density at radius 2 is 1.72 bits per heavy atom. The summed E-state index contributed by atoms with van der Waals surface area (Å²) in [6.07, 6.45) is 5.84. The third-order valence-electron chi connectivity index (χ3n) is 5.04. The monoisotopic (exact) mass is 401 g/mol. The van der Waals surface area contributed by atoms with Crippen LogP contribution in [0.3, 0.4) is 0 Å². The molecule has 1 unspecified atom stereocenters. The van der Waals surface area contributed by atoms with E-state index in [1.54, 1.807) is 7.05 Å². The van der Waals surface area contributed by atoms with Gasteiger partial charge in [-0.3, -0.25) is 9.59 Å². The Labute approximate surface area is 174 Å². The molecule has 29 heavy (non-hydrogen) atoms. The highest BCUT2D eigenvalue weighted by atomic mass is 16.2. The molecule has 0 radical (unpaired) electrons. The first-order valence-corrected chi connectivity index (χ1v) is 10.5. The maximum Gasteiger partial charge on any atom is 0.243 e. The molecular formula is C22H35N5O2. The molecule has 0 saturated heterocycles. The summed E-state index contributed by atoms with van der Waals surface area (Å²) in [6, 6.07) is 7.95. The van der Waals surface area contributed by atoms with Crippen LogP contribution in [0.25, 0.3) is 0 Å². The Balaban J connectivity index is 2.05. The van der Waals surface area contributed by atoms with Crippen molar-refractivity contribution in [1.29, 1.82) is 0 Å². The first-order chi connectivity index (χ1) is 14.1. The van der Waals surface area contributed by atoms with Crippen molar-refractivity contribution < 1.29 is 9.59 Å². The summed E-state index contributed by atoms with van der Waals surface area (Å²) < 4.78 is 0. The van der Waals surface area contributed by atoms with Crippen LogP contribution in [-0.4, -0.2) is 57.6 Å². The first-order valence-electron chi connectivity index (χ1n) is 10.5. The van der Waals surface area contributed by atoms with Crippen molar-refractivity contribution in [3.8, 4) is 0 Å². The van der Waals surface area contributed by atoms with Gasteiger partial charge in [0.2, 0.25) is 11.8 Å². The quantitative estimate of drug-likeness (QED) is 0.497. The Morgan fingerprint density at radius 1 is 1.03 bits per heavy atom. The highest BCUT2D eigenvalue weighted by molar-refractivity contribution is 5.88. The number of fused-ring (bicyclic) bond motifs is 1. The minimum Gasteiger partial charge on any atom is -0.379 e. The van der Waals surface area contributed by atoms with Crippen LogP contribution in [0.2, 0.25) is 0 Å². The molecule has 0 aliphatic carbocycles. The molecule has 0 fully saturated rings. The van der Waals surface area contributed by atoms with Crippen LogP contribution in [-0.2, 0) is 22.4 Å². The van der Waals surface area contributed by atoms with Crippen LogP contribution in [0.5, 0.6) is 0 Å². The normalized spacial score (nSPS) is 21.9. The minimum atomic E-state index is -0.590. The van der Waals surface area contributed by atoms with Crippen LogP contribution < -0.4 is 26.6 Å². The van der Waals surface area contributed by atoms with Crippen LogP contribution in [0.4, 0.5) is 0 Å². The number of carbonyl (C=O) groups is 2. The van der Waals surface area contributed by atoms with Gasteiger partial charge in [-0.05, 0) is 57.3 Å². The predicted octanol–water partition coefficient (Wildman–Crippen LogP) is 0.469. The molecule has 1 atom stereocenters. The van der Waals surface area contributed by atoms with E-state index in [0.717, 1.165) is 37.9 Å². The summed E-state index contributed by atoms with van der Waals surface area (Å²) >= 11 is 0. The molecule has 2 amide bonds. The van der Waals surface area contributed by atoms with Crippen molar-refractivity contribution in [2.75, 3.05) is 39.8 Å². The average Bonchev–Trinajstić information content (AvgIpc) is 2.73. The number of allylic oxidation sites excluding steroid dienone is 1. The van der Waals surface area contributed by atoms with Crippen molar-refractivity contribution in [3.05, 3.63) is 47.2 Å². The number of nitrogens with one attached hydrogen (secondary N) is 5. The summed E-state index contributed by atoms with van der Waals surface area (Å²) in [5.41, 5.74) is 3.70. The van der Waals surface area contributed by atoms with E-state index in [9.17, 15) is 9.59 Å². The molecular weight excluding hydrogens is 366 g/mol. The summed E-state index contributed by atoms with van der Waals surface area (Å²) in [4.78, 5) is 24.8. The van der Waals surface area contributed by atoms with Gasteiger partial charge in [0, 0.05) is 25.3 Å². The average molecular weight is 402 g/mol. The molecule has 7 heteroatoms. The molecule has 0 aromatic heterocycles. The van der Waals surface area contributed by atoms with Gasteiger partial charge in [-0.15, -0.1) is 0 Å². The van der Waals surface area contributed by atoms with E-state index in [1.165, 1.54) is 11.1 Å². The molecule has 1 aliphatic heterocycles. The van der Waals surface area contributed by atoms with Crippen molar-refractivity contribution >= 4 is 11.8 Å². The Kier molecular flexibility index (Phi) is 10.2. The van der Waals surface area contributed by atoms with Crippen LogP contribution >= 0.6 is 0 Å². The predicted molar refractivity (Wildman–Crippen MR) is 117 cm³/mol. The van der Waals surface area contributed by atoms with E-state index >= 15 is 0 Å². The summed E-state index contributed by atoms with van der Waals surface area (Å²) in [5.74, 6) is -0.357. The van der Waals surface area contributed by atoms with Crippen LogP contribution in [0.15, 0.2) is 36.0 Å². The van der Waals surface area contributed by atoms with Gasteiger partial charge in [0.15, 0.2) is 0 Å². The molecule has 1 aromatic rings. The Hall–Kier alpha value is -2.38. The molecule has 1 aromatic carbocycles. The lowest BCUT2D eigenvalue weighted by Crippen LogP contribution is -2.53. The molecule has 160 valence electrons. The fourth-order valence-electron chi connectivity index (χ4n) is 3.40. The highest BCUT2D eigenvalue weighted by Crippen LogP contribution is 2.13. The minimum absolute atomic E-state index is 0.141. The second-order valence-corrected chi connectivity index (χ2v) is 7.29. The number of hydrogen-bond acceptors (Lipinski definition) is 5. The summed E-state index contributed by atoms with van der Waals surface area (Å²) in [7, 11) is 1.77. The van der Waals surface area contributed by atoms with E-state index in [4.69, 9.17) is 0 Å². The van der Waals surface area contributed by atoms with Gasteiger partial charge < -0.3 is 26.6 Å². The highest BCUT2D eigenvalue weighted by Gasteiger charge is 2.19. The van der Waals surface area contributed by atoms with Gasteiger partial charge in [0.1, 0.15) is 6.04 Å². The molecule has 1 aliphatic rings. The van der Waals surface area contributed by atoms with Gasteiger partial charge in [-0.2, -0.15) is 0 Å². The molecule has 1 heterocycles. The first kappa shape index (κ1) is 22.9. The maximum atomic E-state index is 12.5. The fraction of sp³-hybridized carbons (Fsp3) is 0.545. The molecule has 0 bridgehead atoms. The number of benzene rings is 1. The largest absolute Gasteiger partial charge is 0.379 e.